The lowest BCUT2D eigenvalue weighted by atomic mass is 10.1. The van der Waals surface area contributed by atoms with Gasteiger partial charge in [-0.2, -0.15) is 0 Å². The summed E-state index contributed by atoms with van der Waals surface area (Å²) in [5.74, 6) is -0.631. The zero-order valence-electron chi connectivity index (χ0n) is 12.8. The van der Waals surface area contributed by atoms with Gasteiger partial charge in [0.2, 0.25) is 0 Å². The summed E-state index contributed by atoms with van der Waals surface area (Å²) in [6.45, 7) is 6.78. The van der Waals surface area contributed by atoms with Crippen molar-refractivity contribution in [3.63, 3.8) is 0 Å². The predicted molar refractivity (Wildman–Crippen MR) is 85.2 cm³/mol. The van der Waals surface area contributed by atoms with Crippen molar-refractivity contribution in [1.29, 1.82) is 0 Å². The molecule has 1 heterocycles. The SMILES string of the molecule is CCCN1CCCN(c2ccc([N+](=O)[O-])cc2C(N)=O)CC1. The second-order valence-electron chi connectivity index (χ2n) is 5.51. The van der Waals surface area contributed by atoms with Crippen LogP contribution in [0.3, 0.4) is 0 Å². The van der Waals surface area contributed by atoms with E-state index in [-0.39, 0.29) is 11.3 Å². The number of carbonyl (C=O) groups is 1. The van der Waals surface area contributed by atoms with E-state index < -0.39 is 10.8 Å². The van der Waals surface area contributed by atoms with E-state index in [1.807, 2.05) is 0 Å². The fraction of sp³-hybridized carbons (Fsp3) is 0.533. The molecule has 2 N–H and O–H groups in total. The molecule has 1 amide bonds. The molecule has 0 atom stereocenters. The summed E-state index contributed by atoms with van der Waals surface area (Å²) >= 11 is 0. The molecular formula is C15H22N4O3. The van der Waals surface area contributed by atoms with E-state index in [2.05, 4.69) is 16.7 Å². The number of benzene rings is 1. The van der Waals surface area contributed by atoms with Gasteiger partial charge in [0.25, 0.3) is 11.6 Å². The molecule has 7 heteroatoms. The van der Waals surface area contributed by atoms with Gasteiger partial charge in [-0.1, -0.05) is 6.92 Å². The van der Waals surface area contributed by atoms with Crippen molar-refractivity contribution in [1.82, 2.24) is 4.90 Å². The minimum Gasteiger partial charge on any atom is -0.370 e. The molecule has 1 aromatic rings. The highest BCUT2D eigenvalue weighted by Crippen LogP contribution is 2.26. The molecule has 0 saturated carbocycles. The van der Waals surface area contributed by atoms with Gasteiger partial charge in [-0.3, -0.25) is 14.9 Å². The zero-order valence-corrected chi connectivity index (χ0v) is 12.8. The maximum Gasteiger partial charge on any atom is 0.270 e. The van der Waals surface area contributed by atoms with Crippen LogP contribution in [0.15, 0.2) is 18.2 Å². The Morgan fingerprint density at radius 3 is 2.73 bits per heavy atom. The van der Waals surface area contributed by atoms with Crippen LogP contribution in [-0.2, 0) is 0 Å². The number of rotatable bonds is 5. The van der Waals surface area contributed by atoms with Gasteiger partial charge in [-0.05, 0) is 32.0 Å². The number of anilines is 1. The highest BCUT2D eigenvalue weighted by molar-refractivity contribution is 5.99. The molecule has 1 fully saturated rings. The Morgan fingerprint density at radius 2 is 2.09 bits per heavy atom. The van der Waals surface area contributed by atoms with Crippen molar-refractivity contribution in [2.24, 2.45) is 5.73 Å². The molecule has 1 saturated heterocycles. The molecule has 1 aromatic carbocycles. The largest absolute Gasteiger partial charge is 0.370 e. The molecule has 0 aromatic heterocycles. The molecule has 2 rings (SSSR count). The minimum absolute atomic E-state index is 0.111. The van der Waals surface area contributed by atoms with Crippen LogP contribution in [0.1, 0.15) is 30.1 Å². The predicted octanol–water partition coefficient (Wildman–Crippen LogP) is 1.62. The number of carbonyl (C=O) groups excluding carboxylic acids is 1. The number of nitrogens with zero attached hydrogens (tertiary/aromatic N) is 3. The number of nitro benzene ring substituents is 1. The van der Waals surface area contributed by atoms with Crippen LogP contribution in [0.5, 0.6) is 0 Å². The van der Waals surface area contributed by atoms with Crippen molar-refractivity contribution >= 4 is 17.3 Å². The number of primary amides is 1. The molecule has 0 radical (unpaired) electrons. The van der Waals surface area contributed by atoms with Crippen LogP contribution >= 0.6 is 0 Å². The van der Waals surface area contributed by atoms with Crippen molar-refractivity contribution in [2.45, 2.75) is 19.8 Å². The van der Waals surface area contributed by atoms with E-state index in [9.17, 15) is 14.9 Å². The van der Waals surface area contributed by atoms with E-state index in [1.165, 1.54) is 12.1 Å². The Labute approximate surface area is 129 Å². The van der Waals surface area contributed by atoms with Crippen LogP contribution in [0.2, 0.25) is 0 Å². The lowest BCUT2D eigenvalue weighted by Gasteiger charge is -2.25. The summed E-state index contributed by atoms with van der Waals surface area (Å²) in [6.07, 6.45) is 2.11. The molecule has 1 aliphatic rings. The van der Waals surface area contributed by atoms with Gasteiger partial charge in [0.1, 0.15) is 0 Å². The van der Waals surface area contributed by atoms with Gasteiger partial charge < -0.3 is 15.5 Å². The van der Waals surface area contributed by atoms with Gasteiger partial charge in [0.05, 0.1) is 16.2 Å². The smallest absolute Gasteiger partial charge is 0.270 e. The van der Waals surface area contributed by atoms with Gasteiger partial charge in [-0.25, -0.2) is 0 Å². The normalized spacial score (nSPS) is 16.3. The molecule has 1 aliphatic heterocycles. The standard InChI is InChI=1S/C15H22N4O3/c1-2-6-17-7-3-8-18(10-9-17)14-5-4-12(19(21)22)11-13(14)15(16)20/h4-5,11H,2-3,6-10H2,1H3,(H2,16,20). The van der Waals surface area contributed by atoms with Gasteiger partial charge in [0, 0.05) is 31.8 Å². The van der Waals surface area contributed by atoms with Crippen LogP contribution in [-0.4, -0.2) is 48.5 Å². The highest BCUT2D eigenvalue weighted by Gasteiger charge is 2.21. The van der Waals surface area contributed by atoms with E-state index in [0.717, 1.165) is 45.6 Å². The van der Waals surface area contributed by atoms with Gasteiger partial charge in [0.15, 0.2) is 0 Å². The maximum atomic E-state index is 11.7. The molecule has 22 heavy (non-hydrogen) atoms. The number of hydrogen-bond donors (Lipinski definition) is 1. The molecular weight excluding hydrogens is 284 g/mol. The third-order valence-corrected chi connectivity index (χ3v) is 3.93. The van der Waals surface area contributed by atoms with Gasteiger partial charge >= 0.3 is 0 Å². The van der Waals surface area contributed by atoms with E-state index >= 15 is 0 Å². The third-order valence-electron chi connectivity index (χ3n) is 3.93. The quantitative estimate of drug-likeness (QED) is 0.659. The first-order chi connectivity index (χ1) is 10.5. The van der Waals surface area contributed by atoms with Crippen LogP contribution in [0.4, 0.5) is 11.4 Å². The van der Waals surface area contributed by atoms with E-state index in [1.54, 1.807) is 6.07 Å². The Balaban J connectivity index is 2.24. The summed E-state index contributed by atoms with van der Waals surface area (Å²) < 4.78 is 0. The summed E-state index contributed by atoms with van der Waals surface area (Å²) in [6, 6.07) is 4.33. The first-order valence-corrected chi connectivity index (χ1v) is 7.58. The van der Waals surface area contributed by atoms with Crippen molar-refractivity contribution < 1.29 is 9.72 Å². The summed E-state index contributed by atoms with van der Waals surface area (Å²) in [7, 11) is 0. The Kier molecular flexibility index (Phi) is 5.32. The van der Waals surface area contributed by atoms with Crippen molar-refractivity contribution in [3.8, 4) is 0 Å². The Hall–Kier alpha value is -2.15. The summed E-state index contributed by atoms with van der Waals surface area (Å²) in [5.41, 5.74) is 6.21. The average Bonchev–Trinajstić information content (AvgIpc) is 2.72. The maximum absolute atomic E-state index is 11.7. The molecule has 7 nitrogen and oxygen atoms in total. The highest BCUT2D eigenvalue weighted by atomic mass is 16.6. The lowest BCUT2D eigenvalue weighted by molar-refractivity contribution is -0.384. The molecule has 0 unspecified atom stereocenters. The second kappa shape index (κ2) is 7.22. The molecule has 0 bridgehead atoms. The van der Waals surface area contributed by atoms with Crippen LogP contribution < -0.4 is 10.6 Å². The number of nitro groups is 1. The topological polar surface area (TPSA) is 92.7 Å². The van der Waals surface area contributed by atoms with Gasteiger partial charge in [-0.15, -0.1) is 0 Å². The monoisotopic (exact) mass is 306 g/mol. The van der Waals surface area contributed by atoms with Crippen molar-refractivity contribution in [3.05, 3.63) is 33.9 Å². The van der Waals surface area contributed by atoms with Crippen LogP contribution in [0, 0.1) is 10.1 Å². The zero-order chi connectivity index (χ0) is 16.1. The molecule has 0 spiro atoms. The van der Waals surface area contributed by atoms with E-state index in [4.69, 9.17) is 5.73 Å². The van der Waals surface area contributed by atoms with E-state index in [0.29, 0.717) is 5.69 Å². The summed E-state index contributed by atoms with van der Waals surface area (Å²) in [5, 5.41) is 10.9. The number of non-ortho nitro benzene ring substituents is 1. The lowest BCUT2D eigenvalue weighted by Crippen LogP contribution is -2.32. The molecule has 0 aliphatic carbocycles. The summed E-state index contributed by atoms with van der Waals surface area (Å²) in [4.78, 5) is 26.5. The molecule has 120 valence electrons. The first-order valence-electron chi connectivity index (χ1n) is 7.58. The minimum atomic E-state index is -0.631. The first kappa shape index (κ1) is 16.2. The Bertz CT molecular complexity index is 562. The number of amides is 1. The third kappa shape index (κ3) is 3.73. The average molecular weight is 306 g/mol. The number of hydrogen-bond acceptors (Lipinski definition) is 5. The van der Waals surface area contributed by atoms with Crippen LogP contribution in [0.25, 0.3) is 0 Å². The Morgan fingerprint density at radius 1 is 1.32 bits per heavy atom. The fourth-order valence-electron chi connectivity index (χ4n) is 2.86. The second-order valence-corrected chi connectivity index (χ2v) is 5.51. The fourth-order valence-corrected chi connectivity index (χ4v) is 2.86. The van der Waals surface area contributed by atoms with Crippen molar-refractivity contribution in [2.75, 3.05) is 37.6 Å². The number of nitrogens with two attached hydrogens (primary N) is 1.